The van der Waals surface area contributed by atoms with Gasteiger partial charge in [-0.05, 0) is 25.0 Å². The minimum absolute atomic E-state index is 0.243. The lowest BCUT2D eigenvalue weighted by Gasteiger charge is -2.10. The molecule has 0 saturated heterocycles. The highest BCUT2D eigenvalue weighted by Crippen LogP contribution is 2.28. The Hall–Kier alpha value is -1.81. The molecule has 18 heavy (non-hydrogen) atoms. The van der Waals surface area contributed by atoms with Crippen molar-refractivity contribution in [2.24, 2.45) is 0 Å². The normalized spacial score (nSPS) is 10.6. The van der Waals surface area contributed by atoms with Gasteiger partial charge >= 0.3 is 0 Å². The minimum atomic E-state index is 0.243. The van der Waals surface area contributed by atoms with E-state index in [9.17, 15) is 0 Å². The van der Waals surface area contributed by atoms with E-state index >= 15 is 0 Å². The van der Waals surface area contributed by atoms with Crippen LogP contribution in [0.3, 0.4) is 0 Å². The summed E-state index contributed by atoms with van der Waals surface area (Å²) in [5.74, 6) is 0.784. The number of para-hydroxylation sites is 1. The van der Waals surface area contributed by atoms with Gasteiger partial charge in [-0.25, -0.2) is 0 Å². The number of unbranched alkanes of at least 4 members (excludes halogenated alkanes) is 1. The molecule has 2 rings (SSSR count). The van der Waals surface area contributed by atoms with Gasteiger partial charge in [-0.2, -0.15) is 0 Å². The van der Waals surface area contributed by atoms with Gasteiger partial charge in [-0.1, -0.05) is 12.1 Å². The molecule has 4 heteroatoms. The molecule has 0 aliphatic heterocycles. The van der Waals surface area contributed by atoms with Crippen molar-refractivity contribution in [3.63, 3.8) is 0 Å². The van der Waals surface area contributed by atoms with E-state index < -0.39 is 0 Å². The van der Waals surface area contributed by atoms with Crippen LogP contribution in [0, 0.1) is 0 Å². The molecule has 0 radical (unpaired) electrons. The molecule has 0 saturated carbocycles. The SMILES string of the molecule is COc1cccc2c(NCCCCO)ccnc12. The summed E-state index contributed by atoms with van der Waals surface area (Å²) < 4.78 is 5.30. The molecular formula is C14H18N2O2. The molecule has 1 aromatic heterocycles. The highest BCUT2D eigenvalue weighted by atomic mass is 16.5. The van der Waals surface area contributed by atoms with Crippen LogP contribution in [0.25, 0.3) is 10.9 Å². The quantitative estimate of drug-likeness (QED) is 0.769. The molecule has 2 N–H and O–H groups in total. The van der Waals surface area contributed by atoms with Crippen LogP contribution in [-0.4, -0.2) is 30.4 Å². The Labute approximate surface area is 107 Å². The van der Waals surface area contributed by atoms with E-state index in [2.05, 4.69) is 10.3 Å². The van der Waals surface area contributed by atoms with Crippen LogP contribution in [-0.2, 0) is 0 Å². The summed E-state index contributed by atoms with van der Waals surface area (Å²) in [4.78, 5) is 4.35. The van der Waals surface area contributed by atoms with E-state index in [1.165, 1.54) is 0 Å². The molecule has 0 amide bonds. The molecule has 0 spiro atoms. The van der Waals surface area contributed by atoms with Gasteiger partial charge in [0.25, 0.3) is 0 Å². The lowest BCUT2D eigenvalue weighted by molar-refractivity contribution is 0.286. The van der Waals surface area contributed by atoms with Crippen molar-refractivity contribution in [1.82, 2.24) is 4.98 Å². The van der Waals surface area contributed by atoms with Gasteiger partial charge in [0, 0.05) is 30.4 Å². The van der Waals surface area contributed by atoms with E-state index in [1.807, 2.05) is 24.3 Å². The van der Waals surface area contributed by atoms with Gasteiger partial charge in [0.1, 0.15) is 11.3 Å². The van der Waals surface area contributed by atoms with Gasteiger partial charge in [0.2, 0.25) is 0 Å². The van der Waals surface area contributed by atoms with E-state index in [0.29, 0.717) is 0 Å². The predicted octanol–water partition coefficient (Wildman–Crippen LogP) is 2.43. The molecule has 96 valence electrons. The highest BCUT2D eigenvalue weighted by Gasteiger charge is 2.05. The largest absolute Gasteiger partial charge is 0.494 e. The number of aliphatic hydroxyl groups excluding tert-OH is 1. The monoisotopic (exact) mass is 246 g/mol. The zero-order valence-corrected chi connectivity index (χ0v) is 10.5. The van der Waals surface area contributed by atoms with Crippen molar-refractivity contribution < 1.29 is 9.84 Å². The van der Waals surface area contributed by atoms with Crippen molar-refractivity contribution in [3.05, 3.63) is 30.5 Å². The first-order valence-electron chi connectivity index (χ1n) is 6.13. The maximum Gasteiger partial charge on any atom is 0.145 e. The van der Waals surface area contributed by atoms with E-state index in [0.717, 1.165) is 41.7 Å². The molecule has 2 aromatic rings. The molecule has 0 aliphatic rings. The first-order valence-corrected chi connectivity index (χ1v) is 6.13. The average Bonchev–Trinajstić information content (AvgIpc) is 2.43. The molecule has 0 unspecified atom stereocenters. The number of nitrogens with one attached hydrogen (secondary N) is 1. The second-order valence-corrected chi connectivity index (χ2v) is 4.07. The first kappa shape index (κ1) is 12.6. The van der Waals surface area contributed by atoms with Gasteiger partial charge < -0.3 is 15.2 Å². The molecule has 0 fully saturated rings. The van der Waals surface area contributed by atoms with Crippen molar-refractivity contribution in [2.45, 2.75) is 12.8 Å². The highest BCUT2D eigenvalue weighted by molar-refractivity contribution is 5.94. The van der Waals surface area contributed by atoms with Gasteiger partial charge in [-0.3, -0.25) is 4.98 Å². The summed E-state index contributed by atoms with van der Waals surface area (Å²) in [5, 5.41) is 13.2. The number of rotatable bonds is 6. The summed E-state index contributed by atoms with van der Waals surface area (Å²) in [7, 11) is 1.65. The molecule has 0 atom stereocenters. The van der Waals surface area contributed by atoms with E-state index in [4.69, 9.17) is 9.84 Å². The third-order valence-corrected chi connectivity index (χ3v) is 2.85. The second kappa shape index (κ2) is 6.21. The van der Waals surface area contributed by atoms with Crippen LogP contribution >= 0.6 is 0 Å². The average molecular weight is 246 g/mol. The van der Waals surface area contributed by atoms with Crippen LogP contribution in [0.2, 0.25) is 0 Å². The number of benzene rings is 1. The fourth-order valence-electron chi connectivity index (χ4n) is 1.93. The Bertz CT molecular complexity index is 514. The summed E-state index contributed by atoms with van der Waals surface area (Å²) in [6, 6.07) is 7.85. The van der Waals surface area contributed by atoms with Gasteiger partial charge in [0.05, 0.1) is 7.11 Å². The third kappa shape index (κ3) is 2.71. The van der Waals surface area contributed by atoms with Crippen LogP contribution in [0.4, 0.5) is 5.69 Å². The maximum atomic E-state index is 8.75. The standard InChI is InChI=1S/C14H18N2O2/c1-18-13-6-4-5-11-12(7-9-16-14(11)13)15-8-2-3-10-17/h4-7,9,17H,2-3,8,10H2,1H3,(H,15,16). The fourth-order valence-corrected chi connectivity index (χ4v) is 1.93. The molecule has 0 bridgehead atoms. The lowest BCUT2D eigenvalue weighted by atomic mass is 10.1. The van der Waals surface area contributed by atoms with Gasteiger partial charge in [0.15, 0.2) is 0 Å². The topological polar surface area (TPSA) is 54.4 Å². The molecule has 1 heterocycles. The zero-order valence-electron chi connectivity index (χ0n) is 10.5. The Balaban J connectivity index is 2.23. The number of fused-ring (bicyclic) bond motifs is 1. The molecule has 1 aromatic carbocycles. The Kier molecular flexibility index (Phi) is 4.36. The van der Waals surface area contributed by atoms with Gasteiger partial charge in [-0.15, -0.1) is 0 Å². The summed E-state index contributed by atoms with van der Waals surface area (Å²) in [6.45, 7) is 1.09. The molecule has 0 aliphatic carbocycles. The Morgan fingerprint density at radius 1 is 1.28 bits per heavy atom. The maximum absolute atomic E-state index is 8.75. The number of hydrogen-bond acceptors (Lipinski definition) is 4. The van der Waals surface area contributed by atoms with E-state index in [-0.39, 0.29) is 6.61 Å². The summed E-state index contributed by atoms with van der Waals surface area (Å²) in [5.41, 5.74) is 1.92. The molecular weight excluding hydrogens is 228 g/mol. The summed E-state index contributed by atoms with van der Waals surface area (Å²) >= 11 is 0. The predicted molar refractivity (Wildman–Crippen MR) is 73.1 cm³/mol. The van der Waals surface area contributed by atoms with Crippen molar-refractivity contribution in [1.29, 1.82) is 0 Å². The van der Waals surface area contributed by atoms with Crippen molar-refractivity contribution >= 4 is 16.6 Å². The van der Waals surface area contributed by atoms with Crippen LogP contribution in [0.5, 0.6) is 5.75 Å². The first-order chi connectivity index (χ1) is 8.86. The second-order valence-electron chi connectivity index (χ2n) is 4.07. The molecule has 4 nitrogen and oxygen atoms in total. The zero-order chi connectivity index (χ0) is 12.8. The number of ether oxygens (including phenoxy) is 1. The van der Waals surface area contributed by atoms with Crippen LogP contribution < -0.4 is 10.1 Å². The number of aromatic nitrogens is 1. The third-order valence-electron chi connectivity index (χ3n) is 2.85. The fraction of sp³-hybridized carbons (Fsp3) is 0.357. The number of methoxy groups -OCH3 is 1. The number of pyridine rings is 1. The lowest BCUT2D eigenvalue weighted by Crippen LogP contribution is -2.03. The minimum Gasteiger partial charge on any atom is -0.494 e. The van der Waals surface area contributed by atoms with E-state index in [1.54, 1.807) is 13.3 Å². The Morgan fingerprint density at radius 2 is 2.17 bits per heavy atom. The number of nitrogens with zero attached hydrogens (tertiary/aromatic N) is 1. The van der Waals surface area contributed by atoms with Crippen molar-refractivity contribution in [2.75, 3.05) is 25.6 Å². The van der Waals surface area contributed by atoms with Crippen LogP contribution in [0.15, 0.2) is 30.5 Å². The summed E-state index contributed by atoms with van der Waals surface area (Å²) in [6.07, 6.45) is 3.54. The smallest absolute Gasteiger partial charge is 0.145 e. The number of anilines is 1. The van der Waals surface area contributed by atoms with Crippen LogP contribution in [0.1, 0.15) is 12.8 Å². The van der Waals surface area contributed by atoms with Crippen molar-refractivity contribution in [3.8, 4) is 5.75 Å². The number of aliphatic hydroxyl groups is 1. The Morgan fingerprint density at radius 3 is 2.94 bits per heavy atom. The number of hydrogen-bond donors (Lipinski definition) is 2.